The summed E-state index contributed by atoms with van der Waals surface area (Å²) in [5, 5.41) is 0.0115. The van der Waals surface area contributed by atoms with Gasteiger partial charge in [0.1, 0.15) is 11.5 Å². The fourth-order valence-electron chi connectivity index (χ4n) is 2.39. The Morgan fingerprint density at radius 1 is 1.33 bits per heavy atom. The topological polar surface area (TPSA) is 48.4 Å². The minimum atomic E-state index is -1.01. The number of nitrogens with zero attached hydrogens (tertiary/aromatic N) is 1. The first-order valence-corrected chi connectivity index (χ1v) is 8.23. The van der Waals surface area contributed by atoms with Crippen molar-refractivity contribution >= 4 is 10.8 Å². The molecule has 1 aliphatic rings. The number of ether oxygens (including phenoxy) is 2. The van der Waals surface area contributed by atoms with Crippen molar-refractivity contribution in [1.82, 2.24) is 4.98 Å². The summed E-state index contributed by atoms with van der Waals surface area (Å²) in [6.45, 7) is 3.92. The molecule has 1 aliphatic carbocycles. The van der Waals surface area contributed by atoms with Gasteiger partial charge in [0.25, 0.3) is 0 Å². The molecule has 5 heteroatoms. The quantitative estimate of drug-likeness (QED) is 0.839. The Morgan fingerprint density at radius 3 is 2.67 bits per heavy atom. The smallest absolute Gasteiger partial charge is 0.128 e. The second-order valence-electron chi connectivity index (χ2n) is 5.02. The van der Waals surface area contributed by atoms with Gasteiger partial charge in [-0.05, 0) is 32.4 Å². The van der Waals surface area contributed by atoms with Crippen LogP contribution in [0.2, 0.25) is 0 Å². The molecule has 0 aliphatic heterocycles. The van der Waals surface area contributed by atoms with Crippen molar-refractivity contribution in [1.29, 1.82) is 0 Å². The Labute approximate surface area is 128 Å². The highest BCUT2D eigenvalue weighted by Gasteiger charge is 2.19. The van der Waals surface area contributed by atoms with Gasteiger partial charge < -0.3 is 9.47 Å². The van der Waals surface area contributed by atoms with Gasteiger partial charge >= 0.3 is 0 Å². The molecule has 0 aromatic carbocycles. The Balaban J connectivity index is 2.11. The van der Waals surface area contributed by atoms with Gasteiger partial charge in [-0.15, -0.1) is 0 Å². The Kier molecular flexibility index (Phi) is 5.17. The molecule has 1 aromatic rings. The van der Waals surface area contributed by atoms with Crippen LogP contribution in [0.25, 0.3) is 0 Å². The normalized spacial score (nSPS) is 19.0. The maximum atomic E-state index is 12.5. The maximum absolute atomic E-state index is 12.5. The van der Waals surface area contributed by atoms with E-state index in [4.69, 9.17) is 9.47 Å². The number of aryl methyl sites for hydroxylation is 1. The number of hydrogen-bond acceptors (Lipinski definition) is 4. The van der Waals surface area contributed by atoms with Crippen molar-refractivity contribution in [3.05, 3.63) is 47.0 Å². The summed E-state index contributed by atoms with van der Waals surface area (Å²) < 4.78 is 23.0. The van der Waals surface area contributed by atoms with Crippen LogP contribution in [0.3, 0.4) is 0 Å². The lowest BCUT2D eigenvalue weighted by atomic mass is 10.1. The van der Waals surface area contributed by atoms with Crippen LogP contribution in [-0.2, 0) is 21.3 Å². The zero-order chi connectivity index (χ0) is 15.4. The highest BCUT2D eigenvalue weighted by Crippen LogP contribution is 2.26. The average Bonchev–Trinajstić information content (AvgIpc) is 2.50. The van der Waals surface area contributed by atoms with E-state index in [-0.39, 0.29) is 5.25 Å². The van der Waals surface area contributed by atoms with E-state index in [1.807, 2.05) is 32.1 Å². The fraction of sp³-hybridized carbons (Fsp3) is 0.438. The summed E-state index contributed by atoms with van der Waals surface area (Å²) in [7, 11) is 2.28. The van der Waals surface area contributed by atoms with E-state index < -0.39 is 10.8 Å². The molecule has 0 bridgehead atoms. The molecule has 114 valence electrons. The Morgan fingerprint density at radius 2 is 2.10 bits per heavy atom. The molecule has 0 saturated heterocycles. The van der Waals surface area contributed by atoms with Crippen molar-refractivity contribution in [3.8, 4) is 5.75 Å². The lowest BCUT2D eigenvalue weighted by molar-refractivity contribution is 0.303. The Bertz CT molecular complexity index is 608. The second kappa shape index (κ2) is 6.89. The molecular weight excluding hydrogens is 286 g/mol. The van der Waals surface area contributed by atoms with E-state index in [1.54, 1.807) is 20.4 Å². The molecule has 0 saturated carbocycles. The number of pyridine rings is 1. The molecule has 0 radical (unpaired) electrons. The molecule has 1 unspecified atom stereocenters. The van der Waals surface area contributed by atoms with Crippen LogP contribution >= 0.6 is 0 Å². The first-order valence-electron chi connectivity index (χ1n) is 6.85. The summed E-state index contributed by atoms with van der Waals surface area (Å²) in [5.41, 5.74) is 2.80. The Hall–Kier alpha value is -1.62. The number of hydrogen-bond donors (Lipinski definition) is 0. The molecule has 2 rings (SSSR count). The van der Waals surface area contributed by atoms with Gasteiger partial charge in [0.05, 0.1) is 30.9 Å². The largest absolute Gasteiger partial charge is 0.497 e. The highest BCUT2D eigenvalue weighted by atomic mass is 32.2. The minimum Gasteiger partial charge on any atom is -0.497 e. The number of rotatable bonds is 5. The lowest BCUT2D eigenvalue weighted by Crippen LogP contribution is -2.17. The third kappa shape index (κ3) is 3.53. The van der Waals surface area contributed by atoms with Crippen LogP contribution in [0.15, 0.2) is 30.2 Å². The molecule has 2 atom stereocenters. The zero-order valence-corrected chi connectivity index (χ0v) is 13.7. The van der Waals surface area contributed by atoms with Gasteiger partial charge in [-0.3, -0.25) is 9.19 Å². The molecule has 1 heterocycles. The lowest BCUT2D eigenvalue weighted by Gasteiger charge is -2.17. The molecule has 0 fully saturated rings. The second-order valence-corrected chi connectivity index (χ2v) is 6.67. The summed E-state index contributed by atoms with van der Waals surface area (Å²) in [6.07, 6.45) is 8.31. The van der Waals surface area contributed by atoms with Crippen molar-refractivity contribution < 1.29 is 13.7 Å². The van der Waals surface area contributed by atoms with Gasteiger partial charge in [0.15, 0.2) is 0 Å². The zero-order valence-electron chi connectivity index (χ0n) is 12.9. The maximum Gasteiger partial charge on any atom is 0.128 e. The summed E-state index contributed by atoms with van der Waals surface area (Å²) in [5.74, 6) is 2.10. The van der Waals surface area contributed by atoms with Gasteiger partial charge in [0, 0.05) is 28.1 Å². The highest BCUT2D eigenvalue weighted by molar-refractivity contribution is 7.85. The van der Waals surface area contributed by atoms with E-state index in [9.17, 15) is 4.21 Å². The van der Waals surface area contributed by atoms with E-state index in [0.717, 1.165) is 34.8 Å². The van der Waals surface area contributed by atoms with Crippen LogP contribution in [0.4, 0.5) is 0 Å². The van der Waals surface area contributed by atoms with Crippen LogP contribution in [0, 0.1) is 13.8 Å². The summed E-state index contributed by atoms with van der Waals surface area (Å²) >= 11 is 0. The molecular formula is C16H21NO3S. The summed E-state index contributed by atoms with van der Waals surface area (Å²) in [6, 6.07) is 0. The van der Waals surface area contributed by atoms with E-state index >= 15 is 0 Å². The van der Waals surface area contributed by atoms with Crippen molar-refractivity contribution in [2.75, 3.05) is 14.2 Å². The third-order valence-electron chi connectivity index (χ3n) is 3.63. The molecule has 1 aromatic heterocycles. The van der Waals surface area contributed by atoms with E-state index in [0.29, 0.717) is 5.75 Å². The SMILES string of the molecule is COC1=CC[C@@H](S(=O)Cc2ncc(C)c(OC)c2C)C=C1. The molecule has 0 spiro atoms. The predicted octanol–water partition coefficient (Wildman–Crippen LogP) is 2.81. The predicted molar refractivity (Wildman–Crippen MR) is 84.7 cm³/mol. The van der Waals surface area contributed by atoms with Crippen molar-refractivity contribution in [3.63, 3.8) is 0 Å². The van der Waals surface area contributed by atoms with Crippen LogP contribution in [0.5, 0.6) is 5.75 Å². The molecule has 4 nitrogen and oxygen atoms in total. The van der Waals surface area contributed by atoms with Gasteiger partial charge in [-0.1, -0.05) is 6.08 Å². The van der Waals surface area contributed by atoms with Crippen molar-refractivity contribution in [2.45, 2.75) is 31.3 Å². The standard InChI is InChI=1S/C16H21NO3S/c1-11-9-17-15(12(2)16(11)20-4)10-21(18)14-7-5-13(19-3)6-8-14/h5-7,9,14H,8,10H2,1-4H3/t14-,21?/m0/s1. The monoisotopic (exact) mass is 307 g/mol. The third-order valence-corrected chi connectivity index (χ3v) is 5.21. The van der Waals surface area contributed by atoms with Crippen LogP contribution in [0.1, 0.15) is 23.2 Å². The molecule has 0 amide bonds. The number of aromatic nitrogens is 1. The number of allylic oxidation sites excluding steroid dienone is 2. The van der Waals surface area contributed by atoms with Gasteiger partial charge in [-0.2, -0.15) is 0 Å². The van der Waals surface area contributed by atoms with Gasteiger partial charge in [-0.25, -0.2) is 0 Å². The van der Waals surface area contributed by atoms with Crippen LogP contribution in [-0.4, -0.2) is 28.7 Å². The molecule has 0 N–H and O–H groups in total. The summed E-state index contributed by atoms with van der Waals surface area (Å²) in [4.78, 5) is 4.42. The molecule has 21 heavy (non-hydrogen) atoms. The van der Waals surface area contributed by atoms with Gasteiger partial charge in [0.2, 0.25) is 0 Å². The van der Waals surface area contributed by atoms with Crippen molar-refractivity contribution in [2.24, 2.45) is 0 Å². The van der Waals surface area contributed by atoms with E-state index in [1.165, 1.54) is 0 Å². The minimum absolute atomic E-state index is 0.0115. The first kappa shape index (κ1) is 15.8. The number of methoxy groups -OCH3 is 2. The first-order chi connectivity index (χ1) is 10.1. The average molecular weight is 307 g/mol. The van der Waals surface area contributed by atoms with E-state index in [2.05, 4.69) is 4.98 Å². The fourth-order valence-corrected chi connectivity index (χ4v) is 3.73. The van der Waals surface area contributed by atoms with Crippen LogP contribution < -0.4 is 4.74 Å².